The minimum absolute atomic E-state index is 0.0748. The highest BCUT2D eigenvalue weighted by Crippen LogP contribution is 2.24. The number of aromatic nitrogens is 1. The van der Waals surface area contributed by atoms with Crippen LogP contribution < -0.4 is 4.18 Å². The minimum Gasteiger partial charge on any atom is -0.477 e. The summed E-state index contributed by atoms with van der Waals surface area (Å²) in [6, 6.07) is 1.36. The highest BCUT2D eigenvalue weighted by molar-refractivity contribution is 7.75. The van der Waals surface area contributed by atoms with E-state index < -0.39 is 5.97 Å². The number of hydrogen-bond acceptors (Lipinski definition) is 4. The van der Waals surface area contributed by atoms with Crippen molar-refractivity contribution in [2.75, 3.05) is 0 Å². The van der Waals surface area contributed by atoms with Gasteiger partial charge in [-0.2, -0.15) is 0 Å². The Bertz CT molecular complexity index is 318. The van der Waals surface area contributed by atoms with Gasteiger partial charge in [-0.3, -0.25) is 0 Å². The first-order valence-electron chi connectivity index (χ1n) is 2.86. The van der Waals surface area contributed by atoms with E-state index in [2.05, 4.69) is 22.1 Å². The number of carboxylic acids is 1. The third-order valence-corrected chi connectivity index (χ3v) is 1.66. The van der Waals surface area contributed by atoms with Gasteiger partial charge in [0.2, 0.25) is 0 Å². The molecule has 6 heteroatoms. The van der Waals surface area contributed by atoms with Crippen molar-refractivity contribution in [1.29, 1.82) is 0 Å². The number of thiol groups is 1. The summed E-state index contributed by atoms with van der Waals surface area (Å²) in [5.74, 6) is -1.12. The summed E-state index contributed by atoms with van der Waals surface area (Å²) >= 11 is 8.97. The Balaban J connectivity index is 3.29. The van der Waals surface area contributed by atoms with E-state index in [9.17, 15) is 4.79 Å². The Morgan fingerprint density at radius 2 is 2.42 bits per heavy atom. The molecule has 0 fully saturated rings. The first-order chi connectivity index (χ1) is 5.66. The zero-order chi connectivity index (χ0) is 9.14. The zero-order valence-corrected chi connectivity index (χ0v) is 7.34. The lowest BCUT2D eigenvalue weighted by molar-refractivity contribution is 0.0695. The van der Waals surface area contributed by atoms with E-state index in [1.807, 2.05) is 0 Å². The first kappa shape index (κ1) is 9.15. The van der Waals surface area contributed by atoms with E-state index in [1.54, 1.807) is 0 Å². The fraction of sp³-hybridized carbons (Fsp3) is 0. The highest BCUT2D eigenvalue weighted by atomic mass is 35.5. The minimum atomic E-state index is -1.20. The Hall–Kier alpha value is -0.940. The molecule has 1 rings (SSSR count). The van der Waals surface area contributed by atoms with Gasteiger partial charge < -0.3 is 9.29 Å². The lowest BCUT2D eigenvalue weighted by Gasteiger charge is -2.02. The molecule has 0 aliphatic carbocycles. The number of rotatable bonds is 2. The Kier molecular flexibility index (Phi) is 2.78. The molecule has 0 aromatic carbocycles. The maximum atomic E-state index is 10.6. The van der Waals surface area contributed by atoms with Gasteiger partial charge in [0.15, 0.2) is 5.75 Å². The molecule has 64 valence electrons. The Morgan fingerprint density at radius 1 is 1.75 bits per heavy atom. The summed E-state index contributed by atoms with van der Waals surface area (Å²) in [6.07, 6.45) is 1.33. The molecule has 0 atom stereocenters. The van der Waals surface area contributed by atoms with E-state index in [0.29, 0.717) is 0 Å². The van der Waals surface area contributed by atoms with Crippen molar-refractivity contribution in [3.05, 3.63) is 23.0 Å². The fourth-order valence-corrected chi connectivity index (χ4v) is 1.07. The van der Waals surface area contributed by atoms with Crippen LogP contribution in [0.4, 0.5) is 0 Å². The van der Waals surface area contributed by atoms with Crippen LogP contribution in [0.2, 0.25) is 5.15 Å². The van der Waals surface area contributed by atoms with Crippen LogP contribution in [-0.2, 0) is 0 Å². The number of carbonyl (C=O) groups is 1. The maximum absolute atomic E-state index is 10.6. The van der Waals surface area contributed by atoms with Crippen LogP contribution in [0, 0.1) is 0 Å². The van der Waals surface area contributed by atoms with E-state index in [1.165, 1.54) is 12.3 Å². The largest absolute Gasteiger partial charge is 0.477 e. The second-order valence-electron chi connectivity index (χ2n) is 1.87. The topological polar surface area (TPSA) is 59.4 Å². The van der Waals surface area contributed by atoms with Crippen LogP contribution in [0.15, 0.2) is 12.3 Å². The van der Waals surface area contributed by atoms with Crippen LogP contribution in [-0.4, -0.2) is 16.1 Å². The van der Waals surface area contributed by atoms with Crippen molar-refractivity contribution in [3.63, 3.8) is 0 Å². The average molecular weight is 206 g/mol. The Labute approximate surface area is 78.8 Å². The van der Waals surface area contributed by atoms with Crippen LogP contribution in [0.5, 0.6) is 5.75 Å². The molecule has 0 saturated heterocycles. The zero-order valence-electron chi connectivity index (χ0n) is 5.69. The fourth-order valence-electron chi connectivity index (χ4n) is 0.690. The van der Waals surface area contributed by atoms with Gasteiger partial charge in [0.05, 0.1) is 0 Å². The van der Waals surface area contributed by atoms with E-state index in [4.69, 9.17) is 16.7 Å². The Morgan fingerprint density at radius 3 is 2.83 bits per heavy atom. The van der Waals surface area contributed by atoms with Gasteiger partial charge in [-0.15, -0.1) is 0 Å². The normalized spacial score (nSPS) is 9.50. The first-order valence-corrected chi connectivity index (χ1v) is 3.60. The van der Waals surface area contributed by atoms with Crippen molar-refractivity contribution in [3.8, 4) is 5.75 Å². The van der Waals surface area contributed by atoms with E-state index in [-0.39, 0.29) is 16.5 Å². The molecule has 1 N–H and O–H groups in total. The molecule has 1 aromatic heterocycles. The molecule has 0 saturated carbocycles. The van der Waals surface area contributed by atoms with Gasteiger partial charge in [-0.25, -0.2) is 9.78 Å². The summed E-state index contributed by atoms with van der Waals surface area (Å²) in [5, 5.41) is 8.52. The van der Waals surface area contributed by atoms with E-state index >= 15 is 0 Å². The summed E-state index contributed by atoms with van der Waals surface area (Å²) in [6.45, 7) is 0. The van der Waals surface area contributed by atoms with Gasteiger partial charge >= 0.3 is 5.97 Å². The number of halogens is 1. The number of hydrogen-bond donors (Lipinski definition) is 2. The molecule has 0 aliphatic heterocycles. The molecule has 1 aromatic rings. The maximum Gasteiger partial charge on any atom is 0.342 e. The average Bonchev–Trinajstić information content (AvgIpc) is 2.03. The quantitative estimate of drug-likeness (QED) is 0.438. The predicted molar refractivity (Wildman–Crippen MR) is 45.8 cm³/mol. The van der Waals surface area contributed by atoms with Crippen LogP contribution in [0.25, 0.3) is 0 Å². The molecule has 0 spiro atoms. The molecule has 0 radical (unpaired) electrons. The van der Waals surface area contributed by atoms with Crippen molar-refractivity contribution in [1.82, 2.24) is 4.98 Å². The standard InChI is InChI=1S/C6H4ClNO3S/c7-5-4(6(9)10)3(11-12)1-2-8-5/h1-2,12H,(H,9,10). The molecule has 0 aliphatic rings. The van der Waals surface area contributed by atoms with Gasteiger partial charge in [-0.05, 0) is 0 Å². The van der Waals surface area contributed by atoms with Crippen molar-refractivity contribution < 1.29 is 14.1 Å². The smallest absolute Gasteiger partial charge is 0.342 e. The number of carboxylic acid groups (broad SMARTS) is 1. The van der Waals surface area contributed by atoms with Crippen molar-refractivity contribution >= 4 is 30.5 Å². The van der Waals surface area contributed by atoms with Crippen molar-refractivity contribution in [2.45, 2.75) is 0 Å². The lowest BCUT2D eigenvalue weighted by atomic mass is 10.2. The number of pyridine rings is 1. The van der Waals surface area contributed by atoms with Crippen LogP contribution >= 0.6 is 24.5 Å². The van der Waals surface area contributed by atoms with Crippen molar-refractivity contribution in [2.24, 2.45) is 0 Å². The molecular formula is C6H4ClNO3S. The molecule has 0 amide bonds. The second kappa shape index (κ2) is 3.64. The summed E-state index contributed by atoms with van der Waals surface area (Å²) in [4.78, 5) is 14.1. The molecule has 1 heterocycles. The summed E-state index contributed by atoms with van der Waals surface area (Å²) in [5.41, 5.74) is -0.186. The number of aromatic carboxylic acids is 1. The summed E-state index contributed by atoms with van der Waals surface area (Å²) < 4.78 is 4.48. The lowest BCUT2D eigenvalue weighted by Crippen LogP contribution is -2.00. The molecule has 0 unspecified atom stereocenters. The van der Waals surface area contributed by atoms with Gasteiger partial charge in [0.1, 0.15) is 10.7 Å². The predicted octanol–water partition coefficient (Wildman–Crippen LogP) is 1.66. The van der Waals surface area contributed by atoms with Crippen LogP contribution in [0.1, 0.15) is 10.4 Å². The van der Waals surface area contributed by atoms with Gasteiger partial charge in [0.25, 0.3) is 0 Å². The van der Waals surface area contributed by atoms with Gasteiger partial charge in [0, 0.05) is 25.2 Å². The highest BCUT2D eigenvalue weighted by Gasteiger charge is 2.15. The second-order valence-corrected chi connectivity index (χ2v) is 2.41. The monoisotopic (exact) mass is 205 g/mol. The third kappa shape index (κ3) is 1.62. The third-order valence-electron chi connectivity index (χ3n) is 1.18. The molecule has 0 bridgehead atoms. The molecule has 4 nitrogen and oxygen atoms in total. The number of nitrogens with zero attached hydrogens (tertiary/aromatic N) is 1. The molecule has 12 heavy (non-hydrogen) atoms. The SMILES string of the molecule is O=C(O)c1c(OS)ccnc1Cl. The van der Waals surface area contributed by atoms with Crippen LogP contribution in [0.3, 0.4) is 0 Å². The summed E-state index contributed by atoms with van der Waals surface area (Å²) in [7, 11) is 0. The van der Waals surface area contributed by atoms with Gasteiger partial charge in [-0.1, -0.05) is 11.6 Å². The van der Waals surface area contributed by atoms with E-state index in [0.717, 1.165) is 0 Å². The molecular weight excluding hydrogens is 202 g/mol.